The minimum Gasteiger partial charge on any atom is -0.379 e. The number of morpholine rings is 1. The van der Waals surface area contributed by atoms with Gasteiger partial charge in [-0.05, 0) is 48.7 Å². The zero-order chi connectivity index (χ0) is 21.1. The summed E-state index contributed by atoms with van der Waals surface area (Å²) < 4.78 is 33.0. The van der Waals surface area contributed by atoms with Crippen LogP contribution in [-0.4, -0.2) is 49.9 Å². The van der Waals surface area contributed by atoms with Crippen molar-refractivity contribution in [2.75, 3.05) is 31.6 Å². The first-order valence-electron chi connectivity index (χ1n) is 9.76. The number of aromatic nitrogens is 1. The second kappa shape index (κ2) is 8.81. The molecular formula is C21H23N3O4S2. The van der Waals surface area contributed by atoms with E-state index in [1.807, 2.05) is 19.1 Å². The van der Waals surface area contributed by atoms with E-state index < -0.39 is 10.0 Å². The summed E-state index contributed by atoms with van der Waals surface area (Å²) in [5.41, 5.74) is 2.94. The maximum Gasteiger partial charge on any atom is 0.243 e. The van der Waals surface area contributed by atoms with E-state index in [4.69, 9.17) is 4.74 Å². The molecule has 1 N–H and O–H groups in total. The summed E-state index contributed by atoms with van der Waals surface area (Å²) in [6.45, 7) is 3.60. The van der Waals surface area contributed by atoms with Gasteiger partial charge in [0.25, 0.3) is 0 Å². The first-order chi connectivity index (χ1) is 14.4. The lowest BCUT2D eigenvalue weighted by Crippen LogP contribution is -2.40. The van der Waals surface area contributed by atoms with E-state index in [2.05, 4.69) is 16.4 Å². The van der Waals surface area contributed by atoms with Crippen molar-refractivity contribution >= 4 is 42.6 Å². The zero-order valence-corrected chi connectivity index (χ0v) is 18.3. The van der Waals surface area contributed by atoms with Gasteiger partial charge in [-0.2, -0.15) is 4.31 Å². The summed E-state index contributed by atoms with van der Waals surface area (Å²) in [6, 6.07) is 12.7. The van der Waals surface area contributed by atoms with Crippen molar-refractivity contribution in [3.05, 3.63) is 53.6 Å². The molecule has 0 bridgehead atoms. The molecule has 30 heavy (non-hydrogen) atoms. The van der Waals surface area contributed by atoms with E-state index >= 15 is 0 Å². The number of sulfonamides is 1. The van der Waals surface area contributed by atoms with Crippen LogP contribution in [0.3, 0.4) is 0 Å². The molecule has 9 heteroatoms. The van der Waals surface area contributed by atoms with Crippen LogP contribution in [0.2, 0.25) is 0 Å². The number of benzene rings is 2. The van der Waals surface area contributed by atoms with Crippen molar-refractivity contribution in [1.29, 1.82) is 0 Å². The minimum atomic E-state index is -3.50. The van der Waals surface area contributed by atoms with E-state index in [0.717, 1.165) is 21.3 Å². The highest BCUT2D eigenvalue weighted by molar-refractivity contribution is 7.89. The average Bonchev–Trinajstić information content (AvgIpc) is 3.14. The third-order valence-electron chi connectivity index (χ3n) is 4.96. The summed E-state index contributed by atoms with van der Waals surface area (Å²) in [4.78, 5) is 17.0. The topological polar surface area (TPSA) is 88.6 Å². The maximum absolute atomic E-state index is 12.7. The molecular weight excluding hydrogens is 422 g/mol. The lowest BCUT2D eigenvalue weighted by atomic mass is 10.1. The normalized spacial score (nSPS) is 15.4. The number of nitrogens with one attached hydrogen (secondary N) is 1. The Hall–Kier alpha value is -2.33. The van der Waals surface area contributed by atoms with E-state index in [1.54, 1.807) is 24.3 Å². The predicted molar refractivity (Wildman–Crippen MR) is 117 cm³/mol. The Morgan fingerprint density at radius 1 is 1.17 bits per heavy atom. The highest BCUT2D eigenvalue weighted by Gasteiger charge is 2.26. The number of hydrogen-bond donors (Lipinski definition) is 1. The molecule has 158 valence electrons. The van der Waals surface area contributed by atoms with Crippen molar-refractivity contribution in [3.63, 3.8) is 0 Å². The largest absolute Gasteiger partial charge is 0.379 e. The first-order valence-corrected chi connectivity index (χ1v) is 12.0. The smallest absolute Gasteiger partial charge is 0.243 e. The number of carbonyl (C=O) groups is 1. The zero-order valence-electron chi connectivity index (χ0n) is 16.6. The lowest BCUT2D eigenvalue weighted by molar-refractivity contribution is -0.116. The van der Waals surface area contributed by atoms with Gasteiger partial charge in [-0.3, -0.25) is 4.79 Å². The monoisotopic (exact) mass is 445 g/mol. The third-order valence-corrected chi connectivity index (χ3v) is 7.81. The van der Waals surface area contributed by atoms with Crippen molar-refractivity contribution < 1.29 is 17.9 Å². The molecule has 1 amide bonds. The molecule has 0 spiro atoms. The molecule has 1 saturated heterocycles. The molecule has 0 atom stereocenters. The van der Waals surface area contributed by atoms with E-state index in [-0.39, 0.29) is 10.8 Å². The summed E-state index contributed by atoms with van der Waals surface area (Å²) >= 11 is 1.46. The number of rotatable bonds is 6. The highest BCUT2D eigenvalue weighted by Crippen LogP contribution is 2.27. The quantitative estimate of drug-likeness (QED) is 0.629. The molecule has 1 fully saturated rings. The first kappa shape index (κ1) is 20.9. The number of fused-ring (bicyclic) bond motifs is 1. The van der Waals surface area contributed by atoms with Crippen LogP contribution in [0.5, 0.6) is 0 Å². The average molecular weight is 446 g/mol. The van der Waals surface area contributed by atoms with Crippen LogP contribution in [0.25, 0.3) is 10.2 Å². The van der Waals surface area contributed by atoms with Gasteiger partial charge < -0.3 is 10.1 Å². The van der Waals surface area contributed by atoms with Crippen LogP contribution in [0, 0.1) is 6.92 Å². The Morgan fingerprint density at radius 2 is 1.90 bits per heavy atom. The number of ether oxygens (including phenoxy) is 1. The van der Waals surface area contributed by atoms with Gasteiger partial charge in [0.15, 0.2) is 5.13 Å². The van der Waals surface area contributed by atoms with Gasteiger partial charge in [-0.1, -0.05) is 29.5 Å². The summed E-state index contributed by atoms with van der Waals surface area (Å²) in [6.07, 6.45) is 0.818. The summed E-state index contributed by atoms with van der Waals surface area (Å²) in [5, 5.41) is 3.44. The fourth-order valence-electron chi connectivity index (χ4n) is 3.29. The molecule has 0 radical (unpaired) electrons. The molecule has 2 heterocycles. The van der Waals surface area contributed by atoms with Crippen LogP contribution in [0.15, 0.2) is 47.4 Å². The fourth-order valence-corrected chi connectivity index (χ4v) is 5.68. The maximum atomic E-state index is 12.7. The van der Waals surface area contributed by atoms with Crippen molar-refractivity contribution in [2.45, 2.75) is 24.7 Å². The van der Waals surface area contributed by atoms with Crippen LogP contribution in [0.4, 0.5) is 5.13 Å². The predicted octanol–water partition coefficient (Wildman–Crippen LogP) is 3.20. The SMILES string of the molecule is Cc1ccc2nc(NC(=O)CCc3ccc(S(=O)(=O)N4CCOCC4)cc3)sc2c1. The molecule has 7 nitrogen and oxygen atoms in total. The molecule has 0 unspecified atom stereocenters. The van der Waals surface area contributed by atoms with Crippen LogP contribution >= 0.6 is 11.3 Å². The molecule has 3 aromatic rings. The Kier molecular flexibility index (Phi) is 6.14. The van der Waals surface area contributed by atoms with Gasteiger partial charge in [0.2, 0.25) is 15.9 Å². The van der Waals surface area contributed by atoms with E-state index in [9.17, 15) is 13.2 Å². The second-order valence-electron chi connectivity index (χ2n) is 7.20. The Morgan fingerprint density at radius 3 is 2.63 bits per heavy atom. The second-order valence-corrected chi connectivity index (χ2v) is 10.2. The number of hydrogen-bond acceptors (Lipinski definition) is 6. The Bertz CT molecular complexity index is 1150. The third kappa shape index (κ3) is 4.70. The van der Waals surface area contributed by atoms with Crippen molar-refractivity contribution in [2.24, 2.45) is 0 Å². The van der Waals surface area contributed by atoms with Gasteiger partial charge in [0.1, 0.15) is 0 Å². The van der Waals surface area contributed by atoms with E-state index in [0.29, 0.717) is 44.3 Å². The minimum absolute atomic E-state index is 0.115. The van der Waals surface area contributed by atoms with Crippen molar-refractivity contribution in [3.8, 4) is 0 Å². The van der Waals surface area contributed by atoms with Gasteiger partial charge >= 0.3 is 0 Å². The number of anilines is 1. The summed E-state index contributed by atoms with van der Waals surface area (Å²) in [5.74, 6) is -0.115. The number of carbonyl (C=O) groups excluding carboxylic acids is 1. The standard InChI is InChI=1S/C21H23N3O4S2/c1-15-2-8-18-19(14-15)29-21(22-18)23-20(25)9-5-16-3-6-17(7-4-16)30(26,27)24-10-12-28-13-11-24/h2-4,6-8,14H,5,9-13H2,1H3,(H,22,23,25). The van der Waals surface area contributed by atoms with Crippen LogP contribution in [0.1, 0.15) is 17.5 Å². The van der Waals surface area contributed by atoms with Gasteiger partial charge in [-0.25, -0.2) is 13.4 Å². The Labute approximate surface area is 179 Å². The molecule has 0 saturated carbocycles. The molecule has 0 aliphatic carbocycles. The van der Waals surface area contributed by atoms with Gasteiger partial charge in [0, 0.05) is 19.5 Å². The molecule has 2 aromatic carbocycles. The number of thiazole rings is 1. The van der Waals surface area contributed by atoms with Gasteiger partial charge in [0.05, 0.1) is 28.3 Å². The molecule has 1 aliphatic heterocycles. The molecule has 1 aliphatic rings. The van der Waals surface area contributed by atoms with E-state index in [1.165, 1.54) is 15.6 Å². The molecule has 1 aromatic heterocycles. The lowest BCUT2D eigenvalue weighted by Gasteiger charge is -2.26. The van der Waals surface area contributed by atoms with Crippen LogP contribution in [-0.2, 0) is 26.0 Å². The summed E-state index contributed by atoms with van der Waals surface area (Å²) in [7, 11) is -3.50. The molecule has 4 rings (SSSR count). The van der Waals surface area contributed by atoms with Crippen molar-refractivity contribution in [1.82, 2.24) is 9.29 Å². The van der Waals surface area contributed by atoms with Crippen LogP contribution < -0.4 is 5.32 Å². The highest BCUT2D eigenvalue weighted by atomic mass is 32.2. The number of nitrogens with zero attached hydrogens (tertiary/aromatic N) is 2. The number of aryl methyl sites for hydroxylation is 2. The fraction of sp³-hybridized carbons (Fsp3) is 0.333. The van der Waals surface area contributed by atoms with Gasteiger partial charge in [-0.15, -0.1) is 0 Å². The Balaban J connectivity index is 1.34. The number of amides is 1.